The fourth-order valence-electron chi connectivity index (χ4n) is 5.65. The van der Waals surface area contributed by atoms with Gasteiger partial charge in [0.05, 0.1) is 0 Å². The molecular weight excluding hydrogens is 446 g/mol. The Balaban J connectivity index is 1.50. The summed E-state index contributed by atoms with van der Waals surface area (Å²) >= 11 is 0. The normalized spacial score (nSPS) is 11.4. The summed E-state index contributed by atoms with van der Waals surface area (Å²) in [6.45, 7) is 2.16. The second-order valence-corrected chi connectivity index (χ2v) is 9.72. The molecular formula is C36H25N. The third-order valence-electron chi connectivity index (χ3n) is 7.40. The van der Waals surface area contributed by atoms with Gasteiger partial charge in [-0.15, -0.1) is 0 Å². The summed E-state index contributed by atoms with van der Waals surface area (Å²) in [6, 6.07) is 44.3. The molecule has 0 aliphatic heterocycles. The monoisotopic (exact) mass is 471 g/mol. The van der Waals surface area contributed by atoms with Crippen molar-refractivity contribution in [3.05, 3.63) is 139 Å². The van der Waals surface area contributed by atoms with Gasteiger partial charge >= 0.3 is 0 Å². The van der Waals surface area contributed by atoms with E-state index >= 15 is 0 Å². The lowest BCUT2D eigenvalue weighted by molar-refractivity contribution is 1.33. The molecule has 1 aromatic heterocycles. The van der Waals surface area contributed by atoms with Crippen molar-refractivity contribution in [2.75, 3.05) is 0 Å². The highest BCUT2D eigenvalue weighted by Crippen LogP contribution is 2.44. The Morgan fingerprint density at radius 1 is 0.405 bits per heavy atom. The van der Waals surface area contributed by atoms with E-state index in [1.54, 1.807) is 0 Å². The van der Waals surface area contributed by atoms with Gasteiger partial charge in [0.1, 0.15) is 0 Å². The van der Waals surface area contributed by atoms with Crippen molar-refractivity contribution in [3.8, 4) is 33.4 Å². The minimum atomic E-state index is 1.18. The second-order valence-electron chi connectivity index (χ2n) is 9.72. The first-order chi connectivity index (χ1) is 18.3. The number of pyridine rings is 1. The lowest BCUT2D eigenvalue weighted by atomic mass is 9.85. The van der Waals surface area contributed by atoms with E-state index in [4.69, 9.17) is 0 Å². The lowest BCUT2D eigenvalue weighted by Gasteiger charge is -2.18. The molecule has 0 aliphatic rings. The van der Waals surface area contributed by atoms with Gasteiger partial charge in [0.15, 0.2) is 0 Å². The number of hydrogen-bond donors (Lipinski definition) is 0. The summed E-state index contributed by atoms with van der Waals surface area (Å²) in [5.74, 6) is 0. The van der Waals surface area contributed by atoms with E-state index in [0.29, 0.717) is 0 Å². The third kappa shape index (κ3) is 3.68. The predicted octanol–water partition coefficient (Wildman–Crippen LogP) is 9.85. The first kappa shape index (κ1) is 21.5. The Morgan fingerprint density at radius 3 is 1.51 bits per heavy atom. The number of fused-ring (bicyclic) bond motifs is 3. The number of hydrogen-bond acceptors (Lipinski definition) is 1. The molecule has 0 fully saturated rings. The van der Waals surface area contributed by atoms with Gasteiger partial charge in [0.25, 0.3) is 0 Å². The van der Waals surface area contributed by atoms with Crippen LogP contribution in [0.4, 0.5) is 0 Å². The van der Waals surface area contributed by atoms with Crippen LogP contribution in [0.2, 0.25) is 0 Å². The van der Waals surface area contributed by atoms with E-state index in [-0.39, 0.29) is 0 Å². The molecule has 7 rings (SSSR count). The Morgan fingerprint density at radius 2 is 0.892 bits per heavy atom. The number of rotatable bonds is 3. The lowest BCUT2D eigenvalue weighted by Crippen LogP contribution is -1.91. The number of aryl methyl sites for hydroxylation is 1. The van der Waals surface area contributed by atoms with Gasteiger partial charge in [-0.2, -0.15) is 0 Å². The van der Waals surface area contributed by atoms with Crippen molar-refractivity contribution in [1.29, 1.82) is 0 Å². The molecule has 1 nitrogen and oxygen atoms in total. The first-order valence-electron chi connectivity index (χ1n) is 12.7. The highest BCUT2D eigenvalue weighted by atomic mass is 14.6. The van der Waals surface area contributed by atoms with Gasteiger partial charge in [0, 0.05) is 12.4 Å². The Hall–Kier alpha value is -4.75. The van der Waals surface area contributed by atoms with Gasteiger partial charge < -0.3 is 0 Å². The van der Waals surface area contributed by atoms with E-state index in [9.17, 15) is 0 Å². The summed E-state index contributed by atoms with van der Waals surface area (Å²) in [5, 5.41) is 7.66. The average Bonchev–Trinajstić information content (AvgIpc) is 2.96. The standard InChI is InChI=1S/C36H25N/c1-24-10-11-26-14-17-29(23-30(26)22-24)36-33-8-4-2-6-31(33)35(32-7-3-5-9-34(32)36)28-15-12-25(13-16-28)27-18-20-37-21-19-27/h2-23H,1H3. The Labute approximate surface area is 216 Å². The van der Waals surface area contributed by atoms with Gasteiger partial charge in [-0.25, -0.2) is 0 Å². The molecule has 0 saturated heterocycles. The fourth-order valence-corrected chi connectivity index (χ4v) is 5.65. The minimum Gasteiger partial charge on any atom is -0.265 e. The van der Waals surface area contributed by atoms with E-state index in [0.717, 1.165) is 0 Å². The fraction of sp³-hybridized carbons (Fsp3) is 0.0278. The Kier molecular flexibility index (Phi) is 5.08. The predicted molar refractivity (Wildman–Crippen MR) is 158 cm³/mol. The maximum absolute atomic E-state index is 4.16. The summed E-state index contributed by atoms with van der Waals surface area (Å²) < 4.78 is 0. The van der Waals surface area contributed by atoms with Crippen molar-refractivity contribution in [1.82, 2.24) is 4.98 Å². The van der Waals surface area contributed by atoms with Crippen LogP contribution in [0.1, 0.15) is 5.56 Å². The zero-order valence-corrected chi connectivity index (χ0v) is 20.6. The molecule has 7 aromatic rings. The molecule has 1 heteroatoms. The minimum absolute atomic E-state index is 1.18. The second kappa shape index (κ2) is 8.72. The molecule has 0 unspecified atom stereocenters. The molecule has 0 radical (unpaired) electrons. The van der Waals surface area contributed by atoms with E-state index in [1.807, 2.05) is 12.4 Å². The zero-order chi connectivity index (χ0) is 24.8. The summed E-state index contributed by atoms with van der Waals surface area (Å²) in [6.07, 6.45) is 3.69. The molecule has 0 aliphatic carbocycles. The number of benzene rings is 6. The molecule has 0 atom stereocenters. The molecule has 1 heterocycles. The van der Waals surface area contributed by atoms with Crippen LogP contribution in [0.15, 0.2) is 134 Å². The van der Waals surface area contributed by atoms with Crippen LogP contribution >= 0.6 is 0 Å². The molecule has 0 bridgehead atoms. The SMILES string of the molecule is Cc1ccc2ccc(-c3c4ccccc4c(-c4ccc(-c5ccncc5)cc4)c4ccccc34)cc2c1. The highest BCUT2D eigenvalue weighted by Gasteiger charge is 2.16. The average molecular weight is 472 g/mol. The van der Waals surface area contributed by atoms with Gasteiger partial charge in [0.2, 0.25) is 0 Å². The topological polar surface area (TPSA) is 12.9 Å². The maximum atomic E-state index is 4.16. The van der Waals surface area contributed by atoms with Crippen LogP contribution in [-0.4, -0.2) is 4.98 Å². The molecule has 37 heavy (non-hydrogen) atoms. The largest absolute Gasteiger partial charge is 0.265 e. The van der Waals surface area contributed by atoms with Crippen LogP contribution in [0.5, 0.6) is 0 Å². The summed E-state index contributed by atoms with van der Waals surface area (Å²) in [7, 11) is 0. The van der Waals surface area contributed by atoms with Gasteiger partial charge in [-0.05, 0) is 90.8 Å². The highest BCUT2D eigenvalue weighted by molar-refractivity contribution is 6.21. The molecule has 6 aromatic carbocycles. The van der Waals surface area contributed by atoms with Crippen LogP contribution in [-0.2, 0) is 0 Å². The van der Waals surface area contributed by atoms with Gasteiger partial charge in [-0.3, -0.25) is 4.98 Å². The Bertz CT molecular complexity index is 1860. The van der Waals surface area contributed by atoms with Crippen LogP contribution in [0.25, 0.3) is 65.7 Å². The van der Waals surface area contributed by atoms with E-state index in [2.05, 4.69) is 133 Å². The summed E-state index contributed by atoms with van der Waals surface area (Å²) in [4.78, 5) is 4.16. The molecule has 0 amide bonds. The quantitative estimate of drug-likeness (QED) is 0.234. The van der Waals surface area contributed by atoms with Crippen molar-refractivity contribution in [2.45, 2.75) is 6.92 Å². The van der Waals surface area contributed by atoms with Crippen molar-refractivity contribution >= 4 is 32.3 Å². The zero-order valence-electron chi connectivity index (χ0n) is 20.6. The summed E-state index contributed by atoms with van der Waals surface area (Å²) in [5.41, 5.74) is 8.72. The van der Waals surface area contributed by atoms with Crippen molar-refractivity contribution < 1.29 is 0 Å². The molecule has 0 spiro atoms. The van der Waals surface area contributed by atoms with E-state index < -0.39 is 0 Å². The van der Waals surface area contributed by atoms with Crippen LogP contribution in [0.3, 0.4) is 0 Å². The molecule has 174 valence electrons. The van der Waals surface area contributed by atoms with Crippen molar-refractivity contribution in [2.24, 2.45) is 0 Å². The molecule has 0 N–H and O–H groups in total. The van der Waals surface area contributed by atoms with E-state index in [1.165, 1.54) is 71.3 Å². The van der Waals surface area contributed by atoms with Crippen molar-refractivity contribution in [3.63, 3.8) is 0 Å². The van der Waals surface area contributed by atoms with Crippen LogP contribution < -0.4 is 0 Å². The van der Waals surface area contributed by atoms with Gasteiger partial charge in [-0.1, -0.05) is 109 Å². The smallest absolute Gasteiger partial charge is 0.0273 e. The van der Waals surface area contributed by atoms with Crippen LogP contribution in [0, 0.1) is 6.92 Å². The maximum Gasteiger partial charge on any atom is 0.0273 e. The number of nitrogens with zero attached hydrogens (tertiary/aromatic N) is 1. The molecule has 0 saturated carbocycles. The first-order valence-corrected chi connectivity index (χ1v) is 12.7. The third-order valence-corrected chi connectivity index (χ3v) is 7.40. The number of aromatic nitrogens is 1.